The highest BCUT2D eigenvalue weighted by Gasteiger charge is 2.53. The van der Waals surface area contributed by atoms with Crippen molar-refractivity contribution in [1.29, 1.82) is 10.8 Å². The van der Waals surface area contributed by atoms with Crippen LogP contribution in [0.3, 0.4) is 0 Å². The normalized spacial score (nSPS) is 14.6. The van der Waals surface area contributed by atoms with Gasteiger partial charge in [-0.2, -0.15) is 0 Å². The standard InChI is InChI=1S/C48H36N2/c1-47(2)41-18-7-9-20-43(41)48(44-21-10-8-19-42(44)47)39-17-6-5-15-36(39)38-30-34(26-27-40(38)48)31-22-24-33(25-23-31)45(49)28-29-46(50)37-16-11-13-32-12-3-4-14-35(32)37/h3-30,49-50H,1-2H3/b29-28-,49-45?,50-46?. The van der Waals surface area contributed by atoms with Gasteiger partial charge >= 0.3 is 0 Å². The van der Waals surface area contributed by atoms with Gasteiger partial charge in [-0.05, 0) is 90.2 Å². The Hall–Kier alpha value is -6.12. The van der Waals surface area contributed by atoms with Crippen molar-refractivity contribution in [3.63, 3.8) is 0 Å². The number of benzene rings is 7. The predicted octanol–water partition coefficient (Wildman–Crippen LogP) is 11.5. The van der Waals surface area contributed by atoms with Crippen LogP contribution in [-0.4, -0.2) is 11.4 Å². The molecule has 0 amide bonds. The maximum atomic E-state index is 8.78. The molecule has 2 nitrogen and oxygen atoms in total. The first-order valence-corrected chi connectivity index (χ1v) is 17.3. The maximum Gasteiger partial charge on any atom is 0.0719 e. The molecule has 7 aromatic carbocycles. The molecule has 50 heavy (non-hydrogen) atoms. The zero-order chi connectivity index (χ0) is 34.0. The molecule has 0 fully saturated rings. The van der Waals surface area contributed by atoms with E-state index in [4.69, 9.17) is 10.8 Å². The van der Waals surface area contributed by atoms with Crippen LogP contribution < -0.4 is 0 Å². The highest BCUT2D eigenvalue weighted by atomic mass is 14.5. The smallest absolute Gasteiger partial charge is 0.0719 e. The second-order valence-electron chi connectivity index (χ2n) is 14.0. The van der Waals surface area contributed by atoms with Crippen LogP contribution in [0.4, 0.5) is 0 Å². The molecule has 0 aliphatic heterocycles. The molecule has 0 aromatic heterocycles. The lowest BCUT2D eigenvalue weighted by Crippen LogP contribution is -2.40. The van der Waals surface area contributed by atoms with E-state index in [1.54, 1.807) is 12.2 Å². The van der Waals surface area contributed by atoms with Gasteiger partial charge in [0.1, 0.15) is 0 Å². The van der Waals surface area contributed by atoms with Crippen LogP contribution >= 0.6 is 0 Å². The summed E-state index contributed by atoms with van der Waals surface area (Å²) >= 11 is 0. The molecular formula is C48H36N2. The van der Waals surface area contributed by atoms with Crippen LogP contribution in [0.25, 0.3) is 33.0 Å². The Kier molecular flexibility index (Phi) is 6.73. The Morgan fingerprint density at radius 1 is 0.460 bits per heavy atom. The number of hydrogen-bond acceptors (Lipinski definition) is 2. The summed E-state index contributed by atoms with van der Waals surface area (Å²) in [5.41, 5.74) is 14.9. The van der Waals surface area contributed by atoms with E-state index in [-0.39, 0.29) is 5.41 Å². The van der Waals surface area contributed by atoms with Crippen molar-refractivity contribution in [1.82, 2.24) is 0 Å². The quantitative estimate of drug-likeness (QED) is 0.176. The fourth-order valence-corrected chi connectivity index (χ4v) is 8.70. The molecule has 2 aliphatic carbocycles. The average Bonchev–Trinajstić information content (AvgIpc) is 3.46. The molecule has 7 aromatic rings. The van der Waals surface area contributed by atoms with Gasteiger partial charge in [0.05, 0.1) is 16.8 Å². The van der Waals surface area contributed by atoms with E-state index in [9.17, 15) is 0 Å². The van der Waals surface area contributed by atoms with Gasteiger partial charge in [-0.25, -0.2) is 0 Å². The van der Waals surface area contributed by atoms with Crippen molar-refractivity contribution in [3.8, 4) is 22.3 Å². The van der Waals surface area contributed by atoms with E-state index < -0.39 is 5.41 Å². The third-order valence-electron chi connectivity index (χ3n) is 11.1. The highest BCUT2D eigenvalue weighted by Crippen LogP contribution is 2.62. The molecule has 0 bridgehead atoms. The van der Waals surface area contributed by atoms with E-state index in [1.165, 1.54) is 44.5 Å². The van der Waals surface area contributed by atoms with Crippen LogP contribution in [-0.2, 0) is 10.8 Å². The first kappa shape index (κ1) is 30.0. The molecule has 2 N–H and O–H groups in total. The summed E-state index contributed by atoms with van der Waals surface area (Å²) in [7, 11) is 0. The number of fused-ring (bicyclic) bond motifs is 10. The van der Waals surface area contributed by atoms with E-state index in [0.29, 0.717) is 11.4 Å². The molecule has 9 rings (SSSR count). The molecular weight excluding hydrogens is 605 g/mol. The lowest BCUT2D eigenvalue weighted by Gasteiger charge is -2.46. The number of hydrogen-bond donors (Lipinski definition) is 2. The van der Waals surface area contributed by atoms with E-state index >= 15 is 0 Å². The van der Waals surface area contributed by atoms with Crippen LogP contribution in [0.1, 0.15) is 58.4 Å². The maximum absolute atomic E-state index is 8.78. The lowest BCUT2D eigenvalue weighted by atomic mass is 9.55. The topological polar surface area (TPSA) is 47.7 Å². The summed E-state index contributed by atoms with van der Waals surface area (Å²) in [5.74, 6) is 0. The Labute approximate surface area is 293 Å². The molecule has 0 saturated carbocycles. The Morgan fingerprint density at radius 2 is 1.00 bits per heavy atom. The second-order valence-corrected chi connectivity index (χ2v) is 14.0. The molecule has 238 valence electrons. The van der Waals surface area contributed by atoms with Gasteiger partial charge in [0.15, 0.2) is 0 Å². The van der Waals surface area contributed by atoms with Crippen molar-refractivity contribution >= 4 is 22.2 Å². The summed E-state index contributed by atoms with van der Waals surface area (Å²) in [6.45, 7) is 4.72. The van der Waals surface area contributed by atoms with Crippen molar-refractivity contribution in [2.75, 3.05) is 0 Å². The Morgan fingerprint density at radius 3 is 1.72 bits per heavy atom. The summed E-state index contributed by atoms with van der Waals surface area (Å²) in [4.78, 5) is 0. The Balaban J connectivity index is 1.08. The highest BCUT2D eigenvalue weighted by molar-refractivity contribution is 6.18. The molecule has 0 radical (unpaired) electrons. The minimum Gasteiger partial charge on any atom is -0.300 e. The van der Waals surface area contributed by atoms with Crippen LogP contribution in [0, 0.1) is 10.8 Å². The third-order valence-corrected chi connectivity index (χ3v) is 11.1. The van der Waals surface area contributed by atoms with E-state index in [0.717, 1.165) is 33.0 Å². The van der Waals surface area contributed by atoms with Gasteiger partial charge in [0.2, 0.25) is 0 Å². The molecule has 2 aliphatic rings. The fourth-order valence-electron chi connectivity index (χ4n) is 8.70. The monoisotopic (exact) mass is 640 g/mol. The summed E-state index contributed by atoms with van der Waals surface area (Å²) in [6, 6.07) is 56.4. The molecule has 0 atom stereocenters. The van der Waals surface area contributed by atoms with Crippen LogP contribution in [0.2, 0.25) is 0 Å². The Bertz CT molecular complexity index is 2490. The number of nitrogens with one attached hydrogen (secondary N) is 2. The fraction of sp³-hybridized carbons (Fsp3) is 0.0833. The average molecular weight is 641 g/mol. The lowest BCUT2D eigenvalue weighted by molar-refractivity contribution is 0.563. The van der Waals surface area contributed by atoms with Gasteiger partial charge in [0.25, 0.3) is 0 Å². The van der Waals surface area contributed by atoms with Gasteiger partial charge in [-0.3, -0.25) is 0 Å². The number of rotatable bonds is 5. The molecule has 0 saturated heterocycles. The SMILES string of the molecule is CC1(C)c2ccccc2C2(c3ccccc3-c3cc(-c4ccc(C(=N)/C=C\C(=N)c5cccc6ccccc56)cc4)ccc32)c2ccccc21. The second kappa shape index (κ2) is 11.2. The van der Waals surface area contributed by atoms with Gasteiger partial charge < -0.3 is 10.8 Å². The van der Waals surface area contributed by atoms with Crippen LogP contribution in [0.5, 0.6) is 0 Å². The zero-order valence-electron chi connectivity index (χ0n) is 28.2. The summed E-state index contributed by atoms with van der Waals surface area (Å²) in [6.07, 6.45) is 3.46. The van der Waals surface area contributed by atoms with Gasteiger partial charge in [-0.15, -0.1) is 0 Å². The van der Waals surface area contributed by atoms with E-state index in [2.05, 4.69) is 129 Å². The first-order valence-electron chi connectivity index (χ1n) is 17.3. The molecule has 2 heteroatoms. The minimum absolute atomic E-state index is 0.114. The van der Waals surface area contributed by atoms with E-state index in [1.807, 2.05) is 42.5 Å². The predicted molar refractivity (Wildman–Crippen MR) is 208 cm³/mol. The summed E-state index contributed by atoms with van der Waals surface area (Å²) < 4.78 is 0. The van der Waals surface area contributed by atoms with Crippen LogP contribution in [0.15, 0.2) is 170 Å². The summed E-state index contributed by atoms with van der Waals surface area (Å²) in [5, 5.41) is 19.6. The first-order chi connectivity index (χ1) is 24.4. The molecule has 1 spiro atoms. The number of allylic oxidation sites excluding steroid dienone is 2. The van der Waals surface area contributed by atoms with Crippen molar-refractivity contribution in [2.45, 2.75) is 24.7 Å². The minimum atomic E-state index is -0.391. The third kappa shape index (κ3) is 4.28. The molecule has 0 unspecified atom stereocenters. The van der Waals surface area contributed by atoms with Crippen molar-refractivity contribution in [3.05, 3.63) is 214 Å². The van der Waals surface area contributed by atoms with Gasteiger partial charge in [-0.1, -0.05) is 166 Å². The van der Waals surface area contributed by atoms with Crippen molar-refractivity contribution < 1.29 is 0 Å². The van der Waals surface area contributed by atoms with Gasteiger partial charge in [0, 0.05) is 11.0 Å². The largest absolute Gasteiger partial charge is 0.300 e. The van der Waals surface area contributed by atoms with Crippen molar-refractivity contribution in [2.24, 2.45) is 0 Å². The zero-order valence-corrected chi connectivity index (χ0v) is 28.2. The molecule has 0 heterocycles.